The van der Waals surface area contributed by atoms with Crippen molar-refractivity contribution in [2.75, 3.05) is 7.11 Å². The van der Waals surface area contributed by atoms with E-state index in [1.54, 1.807) is 0 Å². The Kier molecular flexibility index (Phi) is 6.54. The summed E-state index contributed by atoms with van der Waals surface area (Å²) in [5.74, 6) is -0.0640. The number of carbonyl (C=O) groups is 1. The molecule has 0 saturated heterocycles. The summed E-state index contributed by atoms with van der Waals surface area (Å²) in [4.78, 5) is 15.7. The minimum atomic E-state index is -0.0628. The lowest BCUT2D eigenvalue weighted by Gasteiger charge is -2.11. The van der Waals surface area contributed by atoms with Crippen LogP contribution in [0.5, 0.6) is 0 Å². The summed E-state index contributed by atoms with van der Waals surface area (Å²) in [6, 6.07) is 0.220. The van der Waals surface area contributed by atoms with E-state index in [1.165, 1.54) is 7.11 Å². The minimum absolute atomic E-state index is 0.00120. The van der Waals surface area contributed by atoms with Crippen LogP contribution in [-0.4, -0.2) is 19.1 Å². The molecule has 13 heavy (non-hydrogen) atoms. The lowest BCUT2D eigenvalue weighted by Crippen LogP contribution is -2.28. The Morgan fingerprint density at radius 3 is 2.54 bits per heavy atom. The molecule has 0 radical (unpaired) electrons. The zero-order valence-corrected chi connectivity index (χ0v) is 8.67. The monoisotopic (exact) mass is 188 g/mol. The number of amides is 1. The standard InChI is InChI=1S/C9H20N2O2/c1-7(9(12)11-13-3)5-4-6-8(2)10/h7-8H,4-6,10H2,1-3H3,(H,11,12). The van der Waals surface area contributed by atoms with E-state index in [0.717, 1.165) is 19.3 Å². The molecule has 0 heterocycles. The molecule has 0 bridgehead atoms. The summed E-state index contributed by atoms with van der Waals surface area (Å²) < 4.78 is 0. The topological polar surface area (TPSA) is 64.3 Å². The fourth-order valence-corrected chi connectivity index (χ4v) is 1.08. The molecule has 1 amide bonds. The Hall–Kier alpha value is -0.610. The van der Waals surface area contributed by atoms with E-state index in [4.69, 9.17) is 5.73 Å². The summed E-state index contributed by atoms with van der Waals surface area (Å²) in [6.45, 7) is 3.86. The van der Waals surface area contributed by atoms with Gasteiger partial charge in [0.15, 0.2) is 0 Å². The van der Waals surface area contributed by atoms with Crippen LogP contribution in [0.4, 0.5) is 0 Å². The molecule has 0 aromatic rings. The molecule has 0 aliphatic carbocycles. The maximum Gasteiger partial charge on any atom is 0.246 e. The third-order valence-electron chi connectivity index (χ3n) is 1.95. The zero-order chi connectivity index (χ0) is 10.3. The molecule has 0 aromatic heterocycles. The van der Waals surface area contributed by atoms with Gasteiger partial charge in [0.25, 0.3) is 0 Å². The van der Waals surface area contributed by atoms with Crippen LogP contribution >= 0.6 is 0 Å². The second-order valence-electron chi connectivity index (χ2n) is 3.48. The van der Waals surface area contributed by atoms with E-state index in [1.807, 2.05) is 13.8 Å². The SMILES string of the molecule is CONC(=O)C(C)CCCC(C)N. The Balaban J connectivity index is 3.49. The summed E-state index contributed by atoms with van der Waals surface area (Å²) in [6.07, 6.45) is 2.80. The molecule has 78 valence electrons. The van der Waals surface area contributed by atoms with E-state index in [0.29, 0.717) is 0 Å². The summed E-state index contributed by atoms with van der Waals surface area (Å²) in [5, 5.41) is 0. The van der Waals surface area contributed by atoms with Gasteiger partial charge in [-0.3, -0.25) is 9.63 Å². The average Bonchev–Trinajstić information content (AvgIpc) is 2.04. The Labute approximate surface area is 79.8 Å². The first kappa shape index (κ1) is 12.4. The number of hydrogen-bond donors (Lipinski definition) is 2. The van der Waals surface area contributed by atoms with Crippen LogP contribution in [0.2, 0.25) is 0 Å². The number of nitrogens with one attached hydrogen (secondary N) is 1. The number of carbonyl (C=O) groups excluding carboxylic acids is 1. The van der Waals surface area contributed by atoms with Crippen molar-refractivity contribution in [1.29, 1.82) is 0 Å². The van der Waals surface area contributed by atoms with Crippen molar-refractivity contribution in [2.24, 2.45) is 11.7 Å². The third-order valence-corrected chi connectivity index (χ3v) is 1.95. The predicted octanol–water partition coefficient (Wildman–Crippen LogP) is 0.818. The Morgan fingerprint density at radius 2 is 2.08 bits per heavy atom. The molecule has 2 atom stereocenters. The molecule has 0 rings (SSSR count). The number of nitrogens with two attached hydrogens (primary N) is 1. The highest BCUT2D eigenvalue weighted by Gasteiger charge is 2.11. The lowest BCUT2D eigenvalue weighted by molar-refractivity contribution is -0.135. The van der Waals surface area contributed by atoms with Crippen molar-refractivity contribution in [3.05, 3.63) is 0 Å². The van der Waals surface area contributed by atoms with Crippen LogP contribution in [0.15, 0.2) is 0 Å². The van der Waals surface area contributed by atoms with Crippen molar-refractivity contribution in [3.63, 3.8) is 0 Å². The molecular weight excluding hydrogens is 168 g/mol. The fourth-order valence-electron chi connectivity index (χ4n) is 1.08. The van der Waals surface area contributed by atoms with Crippen LogP contribution in [0.25, 0.3) is 0 Å². The van der Waals surface area contributed by atoms with E-state index in [-0.39, 0.29) is 17.9 Å². The molecule has 0 saturated carbocycles. The average molecular weight is 188 g/mol. The highest BCUT2D eigenvalue weighted by atomic mass is 16.6. The van der Waals surface area contributed by atoms with Crippen molar-refractivity contribution in [2.45, 2.75) is 39.2 Å². The lowest BCUT2D eigenvalue weighted by atomic mass is 10.0. The van der Waals surface area contributed by atoms with Crippen LogP contribution in [0.1, 0.15) is 33.1 Å². The van der Waals surface area contributed by atoms with Crippen molar-refractivity contribution in [3.8, 4) is 0 Å². The van der Waals surface area contributed by atoms with Gasteiger partial charge in [-0.15, -0.1) is 0 Å². The molecule has 0 fully saturated rings. The largest absolute Gasteiger partial charge is 0.328 e. The van der Waals surface area contributed by atoms with Gasteiger partial charge in [-0.2, -0.15) is 0 Å². The van der Waals surface area contributed by atoms with E-state index >= 15 is 0 Å². The highest BCUT2D eigenvalue weighted by molar-refractivity contribution is 5.77. The third kappa shape index (κ3) is 6.54. The van der Waals surface area contributed by atoms with Crippen molar-refractivity contribution in [1.82, 2.24) is 5.48 Å². The van der Waals surface area contributed by atoms with Crippen LogP contribution < -0.4 is 11.2 Å². The van der Waals surface area contributed by atoms with E-state index < -0.39 is 0 Å². The maximum atomic E-state index is 11.2. The molecule has 3 N–H and O–H groups in total. The van der Waals surface area contributed by atoms with Gasteiger partial charge in [0.1, 0.15) is 0 Å². The van der Waals surface area contributed by atoms with Crippen LogP contribution in [0.3, 0.4) is 0 Å². The van der Waals surface area contributed by atoms with Crippen molar-refractivity contribution >= 4 is 5.91 Å². The molecule has 0 spiro atoms. The van der Waals surface area contributed by atoms with Crippen LogP contribution in [-0.2, 0) is 9.63 Å². The van der Waals surface area contributed by atoms with Gasteiger partial charge in [0.2, 0.25) is 5.91 Å². The second-order valence-corrected chi connectivity index (χ2v) is 3.48. The maximum absolute atomic E-state index is 11.2. The summed E-state index contributed by atoms with van der Waals surface area (Å²) in [7, 11) is 1.44. The molecule has 4 nitrogen and oxygen atoms in total. The van der Waals surface area contributed by atoms with Gasteiger partial charge in [-0.1, -0.05) is 13.3 Å². The highest BCUT2D eigenvalue weighted by Crippen LogP contribution is 2.08. The Bertz CT molecular complexity index is 149. The first-order valence-electron chi connectivity index (χ1n) is 4.66. The number of rotatable bonds is 6. The summed E-state index contributed by atoms with van der Waals surface area (Å²) in [5.41, 5.74) is 7.90. The van der Waals surface area contributed by atoms with Gasteiger partial charge < -0.3 is 5.73 Å². The number of hydroxylamine groups is 1. The van der Waals surface area contributed by atoms with E-state index in [9.17, 15) is 4.79 Å². The smallest absolute Gasteiger partial charge is 0.246 e. The van der Waals surface area contributed by atoms with Gasteiger partial charge in [-0.05, 0) is 19.8 Å². The summed E-state index contributed by atoms with van der Waals surface area (Å²) >= 11 is 0. The number of hydrogen-bond acceptors (Lipinski definition) is 3. The van der Waals surface area contributed by atoms with E-state index in [2.05, 4.69) is 10.3 Å². The fraction of sp³-hybridized carbons (Fsp3) is 0.889. The molecule has 0 aromatic carbocycles. The zero-order valence-electron chi connectivity index (χ0n) is 8.67. The van der Waals surface area contributed by atoms with Gasteiger partial charge in [-0.25, -0.2) is 5.48 Å². The normalized spacial score (nSPS) is 15.1. The first-order valence-corrected chi connectivity index (χ1v) is 4.66. The van der Waals surface area contributed by atoms with Crippen molar-refractivity contribution < 1.29 is 9.63 Å². The molecule has 2 unspecified atom stereocenters. The second kappa shape index (κ2) is 6.86. The van der Waals surface area contributed by atoms with Crippen LogP contribution in [0, 0.1) is 5.92 Å². The van der Waals surface area contributed by atoms with Gasteiger partial charge in [0.05, 0.1) is 7.11 Å². The van der Waals surface area contributed by atoms with Gasteiger partial charge >= 0.3 is 0 Å². The molecule has 0 aliphatic rings. The first-order chi connectivity index (χ1) is 6.07. The van der Waals surface area contributed by atoms with Gasteiger partial charge in [0, 0.05) is 12.0 Å². The minimum Gasteiger partial charge on any atom is -0.328 e. The predicted molar refractivity (Wildman–Crippen MR) is 51.8 cm³/mol. The molecule has 4 heteroatoms. The Morgan fingerprint density at radius 1 is 1.46 bits per heavy atom. The quantitative estimate of drug-likeness (QED) is 0.606. The molecule has 0 aliphatic heterocycles. The molecular formula is C9H20N2O2.